The van der Waals surface area contributed by atoms with E-state index in [0.717, 1.165) is 0 Å². The van der Waals surface area contributed by atoms with E-state index in [0.29, 0.717) is 92.5 Å². The Morgan fingerprint density at radius 2 is 0.809 bits per heavy atom. The van der Waals surface area contributed by atoms with E-state index in [4.69, 9.17) is 42.3 Å². The fourth-order valence-electron chi connectivity index (χ4n) is 4.86. The second-order valence-electron chi connectivity index (χ2n) is 12.8. The van der Waals surface area contributed by atoms with Crippen molar-refractivity contribution in [3.05, 3.63) is 60.7 Å². The summed E-state index contributed by atoms with van der Waals surface area (Å²) >= 11 is 0. The van der Waals surface area contributed by atoms with Gasteiger partial charge in [-0.05, 0) is 36.2 Å². The minimum atomic E-state index is -2.54. The van der Waals surface area contributed by atoms with Crippen molar-refractivity contribution in [3.63, 3.8) is 0 Å². The summed E-state index contributed by atoms with van der Waals surface area (Å²) < 4.78 is 50.6. The molecule has 266 valence electrons. The Kier molecular flexibility index (Phi) is 20.2. The topological polar surface area (TPSA) is 100 Å². The molecule has 2 aromatic carbocycles. The van der Waals surface area contributed by atoms with Gasteiger partial charge in [0.05, 0.1) is 92.5 Å². The van der Waals surface area contributed by atoms with Gasteiger partial charge in [0.25, 0.3) is 8.32 Å². The summed E-state index contributed by atoms with van der Waals surface area (Å²) in [6.45, 7) is 18.8. The number of esters is 1. The fourth-order valence-corrected chi connectivity index (χ4v) is 9.41. The summed E-state index contributed by atoms with van der Waals surface area (Å²) in [7, 11) is -2.54. The van der Waals surface area contributed by atoms with Crippen molar-refractivity contribution in [2.45, 2.75) is 52.2 Å². The first-order valence-electron chi connectivity index (χ1n) is 16.6. The first-order chi connectivity index (χ1) is 22.6. The maximum atomic E-state index is 11.5. The summed E-state index contributed by atoms with van der Waals surface area (Å²) in [5.41, 5.74) is -0.510. The monoisotopic (exact) mass is 678 g/mol. The van der Waals surface area contributed by atoms with Crippen molar-refractivity contribution in [1.29, 1.82) is 0 Å². The van der Waals surface area contributed by atoms with E-state index in [1.165, 1.54) is 10.4 Å². The molecule has 0 aliphatic rings. The summed E-state index contributed by atoms with van der Waals surface area (Å²) in [6, 6.07) is 21.2. The highest BCUT2D eigenvalue weighted by Crippen LogP contribution is 2.36. The number of carbonyl (C=O) groups is 1. The van der Waals surface area contributed by atoms with Crippen LogP contribution in [0.15, 0.2) is 60.7 Å². The fraction of sp³-hybridized carbons (Fsp3) is 0.639. The van der Waals surface area contributed by atoms with Gasteiger partial charge >= 0.3 is 5.97 Å². The maximum Gasteiger partial charge on any atom is 0.332 e. The summed E-state index contributed by atoms with van der Waals surface area (Å²) in [4.78, 5) is 11.5. The molecule has 11 heteroatoms. The zero-order chi connectivity index (χ0) is 34.3. The smallest absolute Gasteiger partial charge is 0.332 e. The van der Waals surface area contributed by atoms with Crippen molar-refractivity contribution >= 4 is 24.7 Å². The third-order valence-corrected chi connectivity index (χ3v) is 11.9. The summed E-state index contributed by atoms with van der Waals surface area (Å²) in [5.74, 6) is -0.383. The highest BCUT2D eigenvalue weighted by Gasteiger charge is 2.50. The number of hydrogen-bond acceptors (Lipinski definition) is 10. The predicted molar refractivity (Wildman–Crippen MR) is 185 cm³/mol. The molecule has 0 saturated carbocycles. The molecule has 0 spiro atoms. The predicted octanol–water partition coefficient (Wildman–Crippen LogP) is 4.02. The van der Waals surface area contributed by atoms with Gasteiger partial charge in [-0.3, -0.25) is 0 Å². The summed E-state index contributed by atoms with van der Waals surface area (Å²) in [5, 5.41) is 2.47. The van der Waals surface area contributed by atoms with Gasteiger partial charge in [0.1, 0.15) is 12.2 Å². The van der Waals surface area contributed by atoms with Crippen molar-refractivity contribution in [2.75, 3.05) is 99.1 Å². The lowest BCUT2D eigenvalue weighted by Gasteiger charge is -2.43. The Bertz CT molecular complexity index is 1020. The number of hydrogen-bond donors (Lipinski definition) is 0. The number of rotatable bonds is 26. The zero-order valence-electron chi connectivity index (χ0n) is 29.5. The van der Waals surface area contributed by atoms with Gasteiger partial charge in [-0.1, -0.05) is 81.4 Å². The van der Waals surface area contributed by atoms with Crippen molar-refractivity contribution in [1.82, 2.24) is 0 Å². The molecular formula is C36H58O10Si. The molecule has 0 bridgehead atoms. The van der Waals surface area contributed by atoms with E-state index in [-0.39, 0.29) is 17.6 Å². The molecule has 0 aromatic heterocycles. The molecule has 0 radical (unpaired) electrons. The molecule has 0 aliphatic carbocycles. The van der Waals surface area contributed by atoms with Crippen LogP contribution in [0.5, 0.6) is 0 Å². The quantitative estimate of drug-likeness (QED) is 0.0825. The molecule has 47 heavy (non-hydrogen) atoms. The Morgan fingerprint density at radius 1 is 0.489 bits per heavy atom. The van der Waals surface area contributed by atoms with Gasteiger partial charge in [0.2, 0.25) is 0 Å². The Balaban J connectivity index is 1.41. The highest BCUT2D eigenvalue weighted by molar-refractivity contribution is 6.99. The van der Waals surface area contributed by atoms with Crippen LogP contribution in [0.25, 0.3) is 0 Å². The molecule has 0 aliphatic heterocycles. The third-order valence-electron chi connectivity index (χ3n) is 6.84. The third kappa shape index (κ3) is 17.2. The Labute approximate surface area is 283 Å². The van der Waals surface area contributed by atoms with Crippen molar-refractivity contribution in [2.24, 2.45) is 0 Å². The van der Waals surface area contributed by atoms with Crippen LogP contribution in [-0.2, 0) is 47.1 Å². The minimum absolute atomic E-state index is 0.0580. The molecule has 0 N–H and O–H groups in total. The number of ether oxygens (including phenoxy) is 8. The van der Waals surface area contributed by atoms with Crippen LogP contribution in [0.4, 0.5) is 0 Å². The van der Waals surface area contributed by atoms with E-state index in [2.05, 4.69) is 81.4 Å². The molecule has 0 unspecified atom stereocenters. The molecule has 0 fully saturated rings. The molecule has 0 saturated heterocycles. The second-order valence-corrected chi connectivity index (χ2v) is 17.1. The molecule has 0 heterocycles. The van der Waals surface area contributed by atoms with Gasteiger partial charge in [-0.25, -0.2) is 4.79 Å². The average Bonchev–Trinajstić information content (AvgIpc) is 3.02. The Hall–Kier alpha value is -2.19. The van der Waals surface area contributed by atoms with Gasteiger partial charge in [-0.2, -0.15) is 0 Å². The van der Waals surface area contributed by atoms with Gasteiger partial charge < -0.3 is 42.3 Å². The standard InChI is InChI=1S/C36H58O10Si/c1-35(2,3)46-34(37)31-44-28-27-42-24-23-40-20-19-38-17-18-39-21-22-41-25-26-43-29-30-45-47(36(4,5)6,32-13-9-7-10-14-32)33-15-11-8-12-16-33/h7-16H,17-31H2,1-6H3. The van der Waals surface area contributed by atoms with Crippen LogP contribution >= 0.6 is 0 Å². The first-order valence-corrected chi connectivity index (χ1v) is 18.5. The average molecular weight is 679 g/mol. The van der Waals surface area contributed by atoms with Crippen LogP contribution in [0, 0.1) is 0 Å². The van der Waals surface area contributed by atoms with Crippen molar-refractivity contribution < 1.29 is 47.1 Å². The second kappa shape index (κ2) is 23.2. The van der Waals surface area contributed by atoms with E-state index >= 15 is 0 Å². The number of carbonyl (C=O) groups excluding carboxylic acids is 1. The lowest BCUT2D eigenvalue weighted by molar-refractivity contribution is -0.160. The van der Waals surface area contributed by atoms with Crippen molar-refractivity contribution in [3.8, 4) is 0 Å². The largest absolute Gasteiger partial charge is 0.458 e. The van der Waals surface area contributed by atoms with Crippen LogP contribution in [0.2, 0.25) is 5.04 Å². The summed E-state index contributed by atoms with van der Waals surface area (Å²) in [6.07, 6.45) is 0. The normalized spacial score (nSPS) is 12.4. The Morgan fingerprint density at radius 3 is 1.13 bits per heavy atom. The van der Waals surface area contributed by atoms with E-state index < -0.39 is 13.9 Å². The van der Waals surface area contributed by atoms with Gasteiger partial charge in [-0.15, -0.1) is 0 Å². The zero-order valence-corrected chi connectivity index (χ0v) is 30.5. The lowest BCUT2D eigenvalue weighted by atomic mass is 10.2. The molecule has 0 atom stereocenters. The minimum Gasteiger partial charge on any atom is -0.458 e. The lowest BCUT2D eigenvalue weighted by Crippen LogP contribution is -2.66. The van der Waals surface area contributed by atoms with Crippen LogP contribution in [0.3, 0.4) is 0 Å². The number of benzene rings is 2. The maximum absolute atomic E-state index is 11.5. The molecule has 10 nitrogen and oxygen atoms in total. The van der Waals surface area contributed by atoms with E-state index in [9.17, 15) is 4.79 Å². The van der Waals surface area contributed by atoms with E-state index in [1.54, 1.807) is 0 Å². The van der Waals surface area contributed by atoms with E-state index in [1.807, 2.05) is 20.8 Å². The molecular weight excluding hydrogens is 620 g/mol. The highest BCUT2D eigenvalue weighted by atomic mass is 28.4. The van der Waals surface area contributed by atoms with Crippen LogP contribution < -0.4 is 10.4 Å². The first kappa shape index (κ1) is 41.0. The van der Waals surface area contributed by atoms with Crippen LogP contribution in [0.1, 0.15) is 41.5 Å². The van der Waals surface area contributed by atoms with Gasteiger partial charge in [0.15, 0.2) is 0 Å². The van der Waals surface area contributed by atoms with Crippen LogP contribution in [-0.4, -0.2) is 119 Å². The SMILES string of the molecule is CC(C)(C)OC(=O)COCCOCCOCCOCCOCCOCCOCCO[Si](c1ccccc1)(c1ccccc1)C(C)(C)C. The van der Waals surface area contributed by atoms with Gasteiger partial charge in [0, 0.05) is 0 Å². The molecule has 2 rings (SSSR count). The molecule has 2 aromatic rings. The molecule has 0 amide bonds.